The average Bonchev–Trinajstić information content (AvgIpc) is 3.02. The monoisotopic (exact) mass is 359 g/mol. The average molecular weight is 360 g/mol. The Morgan fingerprint density at radius 2 is 1.48 bits per heavy atom. The number of carbonyl (C=O) groups excluding carboxylic acids is 2. The number of nitrogens with zero attached hydrogens (tertiary/aromatic N) is 1. The molecule has 1 heterocycles. The summed E-state index contributed by atoms with van der Waals surface area (Å²) in [7, 11) is 0. The van der Waals surface area contributed by atoms with Crippen molar-refractivity contribution in [3.05, 3.63) is 0 Å². The fraction of sp³-hybridized carbons (Fsp3) is 0.692. The fourth-order valence-electron chi connectivity index (χ4n) is 4.24. The molecule has 3 aliphatic rings. The Kier molecular flexibility index (Phi) is 3.31. The Morgan fingerprint density at radius 1 is 1.00 bits per heavy atom. The summed E-state index contributed by atoms with van der Waals surface area (Å²) in [5.41, 5.74) is 0. The van der Waals surface area contributed by atoms with Gasteiger partial charge in [-0.15, -0.1) is 0 Å². The molecule has 2 aliphatic carbocycles. The molecule has 0 unspecified atom stereocenters. The number of halogens is 1. The maximum atomic E-state index is 11.9. The number of carboxylic acids is 2. The summed E-state index contributed by atoms with van der Waals surface area (Å²) < 4.78 is 0. The topological polar surface area (TPSA) is 112 Å². The number of fused-ring (bicyclic) bond motifs is 2. The van der Waals surface area contributed by atoms with Crippen LogP contribution in [0.25, 0.3) is 0 Å². The molecular weight excluding hydrogens is 346 g/mol. The SMILES string of the molecule is O=C(O)[C@@H]1[C@@H]2C[C@@H]([C@H](Br)[C@H]2N2C(=O)CCC2=O)[C@@H]1C(=O)O. The molecule has 2 amide bonds. The van der Waals surface area contributed by atoms with Crippen LogP contribution in [0.4, 0.5) is 0 Å². The van der Waals surface area contributed by atoms with E-state index in [9.17, 15) is 29.4 Å². The first-order valence-electron chi connectivity index (χ1n) is 6.79. The molecule has 0 aromatic rings. The van der Waals surface area contributed by atoms with E-state index in [2.05, 4.69) is 15.9 Å². The number of rotatable bonds is 3. The molecule has 0 aromatic carbocycles. The molecule has 8 heteroatoms. The molecule has 0 radical (unpaired) electrons. The molecular formula is C13H14BrNO6. The molecule has 6 atom stereocenters. The van der Waals surface area contributed by atoms with Crippen molar-refractivity contribution in [3.8, 4) is 0 Å². The second kappa shape index (κ2) is 4.79. The summed E-state index contributed by atoms with van der Waals surface area (Å²) in [6.07, 6.45) is 0.699. The second-order valence-corrected chi connectivity index (χ2v) is 6.94. The van der Waals surface area contributed by atoms with Crippen LogP contribution in [0.3, 0.4) is 0 Å². The van der Waals surface area contributed by atoms with Gasteiger partial charge in [0.05, 0.1) is 17.9 Å². The number of aliphatic carboxylic acids is 2. The molecule has 2 saturated carbocycles. The van der Waals surface area contributed by atoms with E-state index in [0.29, 0.717) is 6.42 Å². The van der Waals surface area contributed by atoms with Crippen LogP contribution in [0.15, 0.2) is 0 Å². The smallest absolute Gasteiger partial charge is 0.307 e. The molecule has 114 valence electrons. The first-order valence-corrected chi connectivity index (χ1v) is 7.70. The van der Waals surface area contributed by atoms with Crippen LogP contribution in [-0.2, 0) is 19.2 Å². The quantitative estimate of drug-likeness (QED) is 0.554. The maximum absolute atomic E-state index is 11.9. The lowest BCUT2D eigenvalue weighted by Gasteiger charge is -2.38. The Morgan fingerprint density at radius 3 is 1.95 bits per heavy atom. The van der Waals surface area contributed by atoms with Gasteiger partial charge in [-0.1, -0.05) is 15.9 Å². The van der Waals surface area contributed by atoms with Crippen LogP contribution < -0.4 is 0 Å². The van der Waals surface area contributed by atoms with Crippen molar-refractivity contribution in [2.45, 2.75) is 30.1 Å². The molecule has 7 nitrogen and oxygen atoms in total. The van der Waals surface area contributed by atoms with Crippen molar-refractivity contribution in [3.63, 3.8) is 0 Å². The number of carboxylic acid groups (broad SMARTS) is 2. The van der Waals surface area contributed by atoms with E-state index < -0.39 is 35.7 Å². The molecule has 2 bridgehead atoms. The highest BCUT2D eigenvalue weighted by atomic mass is 79.9. The third-order valence-corrected chi connectivity index (χ3v) is 6.21. The number of imide groups is 1. The molecule has 3 fully saturated rings. The van der Waals surface area contributed by atoms with Gasteiger partial charge in [-0.2, -0.15) is 0 Å². The largest absolute Gasteiger partial charge is 0.481 e. The van der Waals surface area contributed by atoms with Crippen molar-refractivity contribution in [1.82, 2.24) is 4.90 Å². The van der Waals surface area contributed by atoms with Gasteiger partial charge in [-0.25, -0.2) is 0 Å². The number of hydrogen-bond acceptors (Lipinski definition) is 4. The van der Waals surface area contributed by atoms with Crippen LogP contribution in [0, 0.1) is 23.7 Å². The number of amides is 2. The summed E-state index contributed by atoms with van der Waals surface area (Å²) in [6.45, 7) is 0. The molecule has 3 rings (SSSR count). The van der Waals surface area contributed by atoms with Crippen LogP contribution >= 0.6 is 15.9 Å². The molecule has 1 saturated heterocycles. The summed E-state index contributed by atoms with van der Waals surface area (Å²) in [4.78, 5) is 47.5. The summed E-state index contributed by atoms with van der Waals surface area (Å²) in [5.74, 6) is -5.77. The fourth-order valence-corrected chi connectivity index (χ4v) is 5.42. The van der Waals surface area contributed by atoms with Gasteiger partial charge in [0.25, 0.3) is 0 Å². The first-order chi connectivity index (χ1) is 9.84. The Balaban J connectivity index is 1.96. The number of hydrogen-bond donors (Lipinski definition) is 2. The minimum Gasteiger partial charge on any atom is -0.481 e. The Hall–Kier alpha value is -1.44. The zero-order valence-electron chi connectivity index (χ0n) is 10.9. The zero-order valence-corrected chi connectivity index (χ0v) is 12.5. The molecule has 2 N–H and O–H groups in total. The zero-order chi connectivity index (χ0) is 15.5. The van der Waals surface area contributed by atoms with E-state index in [1.165, 1.54) is 0 Å². The highest BCUT2D eigenvalue weighted by molar-refractivity contribution is 9.09. The predicted molar refractivity (Wildman–Crippen MR) is 71.4 cm³/mol. The van der Waals surface area contributed by atoms with Crippen molar-refractivity contribution < 1.29 is 29.4 Å². The van der Waals surface area contributed by atoms with Crippen LogP contribution in [0.1, 0.15) is 19.3 Å². The normalized spacial score (nSPS) is 41.9. The van der Waals surface area contributed by atoms with Crippen LogP contribution in [0.5, 0.6) is 0 Å². The minimum atomic E-state index is -1.17. The number of carbonyl (C=O) groups is 4. The maximum Gasteiger partial charge on any atom is 0.307 e. The van der Waals surface area contributed by atoms with Gasteiger partial charge in [-0.3, -0.25) is 24.1 Å². The second-order valence-electron chi connectivity index (χ2n) is 5.88. The lowest BCUT2D eigenvalue weighted by Crippen LogP contribution is -2.54. The highest BCUT2D eigenvalue weighted by Gasteiger charge is 2.65. The van der Waals surface area contributed by atoms with Gasteiger partial charge >= 0.3 is 11.9 Å². The lowest BCUT2D eigenvalue weighted by molar-refractivity contribution is -0.159. The predicted octanol–water partition coefficient (Wildman–Crippen LogP) is 0.319. The number of alkyl halides is 1. The van der Waals surface area contributed by atoms with Crippen molar-refractivity contribution in [2.75, 3.05) is 0 Å². The Labute approximate surface area is 128 Å². The Bertz CT molecular complexity index is 533. The third-order valence-electron chi connectivity index (χ3n) is 4.99. The van der Waals surface area contributed by atoms with Crippen molar-refractivity contribution in [2.24, 2.45) is 23.7 Å². The molecule has 1 aliphatic heterocycles. The van der Waals surface area contributed by atoms with Gasteiger partial charge < -0.3 is 10.2 Å². The van der Waals surface area contributed by atoms with Crippen LogP contribution in [0.2, 0.25) is 0 Å². The third kappa shape index (κ3) is 1.91. The van der Waals surface area contributed by atoms with E-state index in [1.807, 2.05) is 0 Å². The molecule has 0 aromatic heterocycles. The molecule has 21 heavy (non-hydrogen) atoms. The van der Waals surface area contributed by atoms with Crippen LogP contribution in [-0.4, -0.2) is 49.7 Å². The van der Waals surface area contributed by atoms with E-state index in [4.69, 9.17) is 0 Å². The summed E-state index contributed by atoms with van der Waals surface area (Å²) in [6, 6.07) is -0.547. The van der Waals surface area contributed by atoms with E-state index in [1.54, 1.807) is 0 Å². The van der Waals surface area contributed by atoms with Crippen molar-refractivity contribution >= 4 is 39.7 Å². The van der Waals surface area contributed by atoms with Gasteiger partial charge in [0, 0.05) is 17.7 Å². The van der Waals surface area contributed by atoms with Gasteiger partial charge in [0.15, 0.2) is 0 Å². The minimum absolute atomic E-state index is 0.145. The van der Waals surface area contributed by atoms with E-state index in [0.717, 1.165) is 4.90 Å². The van der Waals surface area contributed by atoms with E-state index in [-0.39, 0.29) is 35.4 Å². The lowest BCUT2D eigenvalue weighted by atomic mass is 9.76. The summed E-state index contributed by atoms with van der Waals surface area (Å²) >= 11 is 3.41. The standard InChI is InChI=1S/C13H14BrNO6/c14-10-4-3-5(9(13(20)21)8(4)12(18)19)11(10)15-6(16)1-2-7(15)17/h4-5,8-11H,1-3H2,(H,18,19)(H,20,21)/t4-,5+,8+,9-,10+,11+/m1/s1. The first kappa shape index (κ1) is 14.5. The van der Waals surface area contributed by atoms with Gasteiger partial charge in [-0.05, 0) is 18.3 Å². The van der Waals surface area contributed by atoms with Crippen molar-refractivity contribution in [1.29, 1.82) is 0 Å². The summed E-state index contributed by atoms with van der Waals surface area (Å²) in [5, 5.41) is 18.7. The van der Waals surface area contributed by atoms with Gasteiger partial charge in [0.2, 0.25) is 11.8 Å². The van der Waals surface area contributed by atoms with E-state index >= 15 is 0 Å². The number of likely N-dealkylation sites (tertiary alicyclic amines) is 1. The highest BCUT2D eigenvalue weighted by Crippen LogP contribution is 2.57. The molecule has 0 spiro atoms. The van der Waals surface area contributed by atoms with Gasteiger partial charge in [0.1, 0.15) is 0 Å².